The van der Waals surface area contributed by atoms with Gasteiger partial charge in [-0.3, -0.25) is 14.7 Å². The molecule has 0 saturated carbocycles. The zero-order valence-corrected chi connectivity index (χ0v) is 15.9. The number of aromatic nitrogens is 2. The van der Waals surface area contributed by atoms with E-state index in [1.165, 1.54) is 6.92 Å². The van der Waals surface area contributed by atoms with Gasteiger partial charge < -0.3 is 19.3 Å². The lowest BCUT2D eigenvalue weighted by atomic mass is 10.1. The maximum absolute atomic E-state index is 14.4. The van der Waals surface area contributed by atoms with E-state index in [0.717, 1.165) is 19.8 Å². The number of nitrogens with one attached hydrogen (secondary N) is 1. The summed E-state index contributed by atoms with van der Waals surface area (Å²) in [7, 11) is 0. The summed E-state index contributed by atoms with van der Waals surface area (Å²) < 4.78 is 30.1. The van der Waals surface area contributed by atoms with E-state index in [0.29, 0.717) is 17.2 Å². The fourth-order valence-corrected chi connectivity index (χ4v) is 2.82. The highest BCUT2D eigenvalue weighted by Gasteiger charge is 2.52. The van der Waals surface area contributed by atoms with Gasteiger partial charge in [0.15, 0.2) is 17.7 Å². The van der Waals surface area contributed by atoms with E-state index in [-0.39, 0.29) is 6.61 Å². The number of carbonyl (C=O) groups is 2. The zero-order chi connectivity index (χ0) is 20.9. The second-order valence-electron chi connectivity index (χ2n) is 6.48. The second kappa shape index (κ2) is 9.11. The van der Waals surface area contributed by atoms with Crippen molar-refractivity contribution in [2.45, 2.75) is 58.0 Å². The quantitative estimate of drug-likeness (QED) is 0.514. The Kier molecular flexibility index (Phi) is 7.08. The Morgan fingerprint density at radius 2 is 2.21 bits per heavy atom. The van der Waals surface area contributed by atoms with Gasteiger partial charge in [0.05, 0.1) is 25.5 Å². The van der Waals surface area contributed by atoms with Gasteiger partial charge >= 0.3 is 17.8 Å². The number of halogens is 1. The molecule has 0 radical (unpaired) electrons. The minimum atomic E-state index is -2.14. The van der Waals surface area contributed by atoms with Gasteiger partial charge in [0.2, 0.25) is 5.72 Å². The van der Waals surface area contributed by atoms with E-state index < -0.39 is 53.9 Å². The normalized spacial score (nSPS) is 24.0. The Bertz CT molecular complexity index is 785. The number of ether oxygens (including phenoxy) is 3. The van der Waals surface area contributed by atoms with Crippen LogP contribution in [0.25, 0.3) is 0 Å². The molecule has 2 N–H and O–H groups in total. The first-order valence-corrected chi connectivity index (χ1v) is 8.93. The van der Waals surface area contributed by atoms with Gasteiger partial charge in [-0.1, -0.05) is 19.8 Å². The molecule has 28 heavy (non-hydrogen) atoms. The summed E-state index contributed by atoms with van der Waals surface area (Å²) in [5.41, 5.74) is -3.21. The van der Waals surface area contributed by atoms with Crippen molar-refractivity contribution in [1.82, 2.24) is 9.55 Å². The van der Waals surface area contributed by atoms with Crippen LogP contribution in [0.15, 0.2) is 11.0 Å². The first kappa shape index (κ1) is 21.8. The van der Waals surface area contributed by atoms with Crippen LogP contribution in [0.2, 0.25) is 0 Å². The molecule has 0 bridgehead atoms. The molecule has 3 atom stereocenters. The smallest absolute Gasteiger partial charge is 0.412 e. The first-order chi connectivity index (χ1) is 13.2. The molecule has 1 unspecified atom stereocenters. The SMILES string of the molecule is CCCCCOC(=O)Nc1nc(=O)n([C@@]2(O)COC(C)[C@H]2OC(C)=O)cc1F. The molecule has 1 aromatic rings. The molecule has 10 nitrogen and oxygen atoms in total. The molecule has 0 aromatic carbocycles. The highest BCUT2D eigenvalue weighted by molar-refractivity contribution is 5.83. The number of amides is 1. The van der Waals surface area contributed by atoms with Crippen molar-refractivity contribution >= 4 is 17.9 Å². The van der Waals surface area contributed by atoms with Crippen LogP contribution < -0.4 is 11.0 Å². The maximum atomic E-state index is 14.4. The van der Waals surface area contributed by atoms with Gasteiger partial charge in [0.25, 0.3) is 0 Å². The lowest BCUT2D eigenvalue weighted by Gasteiger charge is -2.30. The molecule has 156 valence electrons. The number of carbonyl (C=O) groups excluding carboxylic acids is 2. The lowest BCUT2D eigenvalue weighted by Crippen LogP contribution is -2.52. The van der Waals surface area contributed by atoms with Crippen LogP contribution in [0.3, 0.4) is 0 Å². The van der Waals surface area contributed by atoms with E-state index in [9.17, 15) is 23.9 Å². The average Bonchev–Trinajstić information content (AvgIpc) is 2.90. The molecular weight excluding hydrogens is 377 g/mol. The summed E-state index contributed by atoms with van der Waals surface area (Å²) >= 11 is 0. The van der Waals surface area contributed by atoms with Crippen LogP contribution in [0.4, 0.5) is 15.0 Å². The summed E-state index contributed by atoms with van der Waals surface area (Å²) in [6, 6.07) is 0. The van der Waals surface area contributed by atoms with Gasteiger partial charge in [0, 0.05) is 6.92 Å². The topological polar surface area (TPSA) is 129 Å². The molecule has 1 aliphatic heterocycles. The van der Waals surface area contributed by atoms with Crippen molar-refractivity contribution in [3.63, 3.8) is 0 Å². The Hall–Kier alpha value is -2.53. The molecule has 1 aromatic heterocycles. The monoisotopic (exact) mass is 401 g/mol. The minimum Gasteiger partial charge on any atom is -0.455 e. The minimum absolute atomic E-state index is 0.150. The Morgan fingerprint density at radius 1 is 1.50 bits per heavy atom. The third-order valence-corrected chi connectivity index (χ3v) is 4.23. The van der Waals surface area contributed by atoms with E-state index in [1.54, 1.807) is 0 Å². The van der Waals surface area contributed by atoms with Crippen LogP contribution in [-0.2, 0) is 24.7 Å². The van der Waals surface area contributed by atoms with E-state index in [2.05, 4.69) is 10.3 Å². The number of hydrogen-bond acceptors (Lipinski definition) is 8. The lowest BCUT2D eigenvalue weighted by molar-refractivity contribution is -0.171. The number of esters is 1. The predicted octanol–water partition coefficient (Wildman–Crippen LogP) is 1.12. The van der Waals surface area contributed by atoms with Gasteiger partial charge in [-0.25, -0.2) is 14.0 Å². The number of nitrogens with zero attached hydrogens (tertiary/aromatic N) is 2. The zero-order valence-electron chi connectivity index (χ0n) is 15.9. The average molecular weight is 401 g/mol. The predicted molar refractivity (Wildman–Crippen MR) is 94.1 cm³/mol. The molecule has 1 fully saturated rings. The first-order valence-electron chi connectivity index (χ1n) is 8.93. The molecule has 0 aliphatic carbocycles. The van der Waals surface area contributed by atoms with Crippen molar-refractivity contribution in [2.24, 2.45) is 0 Å². The number of aliphatic hydroxyl groups is 1. The van der Waals surface area contributed by atoms with Crippen molar-refractivity contribution < 1.29 is 33.3 Å². The summed E-state index contributed by atoms with van der Waals surface area (Å²) in [5.74, 6) is -2.42. The van der Waals surface area contributed by atoms with Crippen LogP contribution in [0.5, 0.6) is 0 Å². The number of hydrogen-bond donors (Lipinski definition) is 2. The van der Waals surface area contributed by atoms with Crippen LogP contribution in [0.1, 0.15) is 40.0 Å². The standard InChI is InChI=1S/C17H24FN3O7/c1-4-5-6-7-26-16(24)20-14-12(18)8-21(15(23)19-14)17(25)9-27-10(2)13(17)28-11(3)22/h8,10,13,25H,4-7,9H2,1-3H3,(H,19,20,23,24)/t10?,13-,17-/m1/s1. The highest BCUT2D eigenvalue weighted by Crippen LogP contribution is 2.31. The van der Waals surface area contributed by atoms with Gasteiger partial charge in [0.1, 0.15) is 0 Å². The van der Waals surface area contributed by atoms with Crippen molar-refractivity contribution in [3.05, 3.63) is 22.5 Å². The molecule has 2 rings (SSSR count). The maximum Gasteiger partial charge on any atom is 0.412 e. The van der Waals surface area contributed by atoms with E-state index >= 15 is 0 Å². The second-order valence-corrected chi connectivity index (χ2v) is 6.48. The fraction of sp³-hybridized carbons (Fsp3) is 0.647. The van der Waals surface area contributed by atoms with E-state index in [1.807, 2.05) is 6.92 Å². The highest BCUT2D eigenvalue weighted by atomic mass is 19.1. The third-order valence-electron chi connectivity index (χ3n) is 4.23. The summed E-state index contributed by atoms with van der Waals surface area (Å²) in [4.78, 5) is 38.8. The van der Waals surface area contributed by atoms with Gasteiger partial charge in [-0.15, -0.1) is 0 Å². The van der Waals surface area contributed by atoms with Gasteiger partial charge in [-0.2, -0.15) is 4.98 Å². The van der Waals surface area contributed by atoms with Crippen LogP contribution in [0, 0.1) is 5.82 Å². The molecule has 1 aliphatic rings. The Morgan fingerprint density at radius 3 is 2.86 bits per heavy atom. The number of rotatable bonds is 7. The molecule has 1 saturated heterocycles. The number of unbranched alkanes of at least 4 members (excludes halogenated alkanes) is 2. The summed E-state index contributed by atoms with van der Waals surface area (Å²) in [5, 5.41) is 12.9. The van der Waals surface area contributed by atoms with Crippen molar-refractivity contribution in [3.8, 4) is 0 Å². The van der Waals surface area contributed by atoms with Crippen LogP contribution in [-0.4, -0.2) is 52.1 Å². The third kappa shape index (κ3) is 4.84. The summed E-state index contributed by atoms with van der Waals surface area (Å²) in [6.07, 6.45) is 0.210. The van der Waals surface area contributed by atoms with Crippen molar-refractivity contribution in [2.75, 3.05) is 18.5 Å². The number of anilines is 1. The largest absolute Gasteiger partial charge is 0.455 e. The van der Waals surface area contributed by atoms with Crippen molar-refractivity contribution in [1.29, 1.82) is 0 Å². The molecule has 11 heteroatoms. The molecule has 0 spiro atoms. The molecule has 2 heterocycles. The van der Waals surface area contributed by atoms with E-state index in [4.69, 9.17) is 14.2 Å². The molecular formula is C17H24FN3O7. The summed E-state index contributed by atoms with van der Waals surface area (Å²) in [6.45, 7) is 4.39. The fourth-order valence-electron chi connectivity index (χ4n) is 2.82. The Labute approximate surface area is 160 Å². The Balaban J connectivity index is 2.20. The van der Waals surface area contributed by atoms with Gasteiger partial charge in [-0.05, 0) is 13.3 Å². The van der Waals surface area contributed by atoms with Crippen LogP contribution >= 0.6 is 0 Å². The molecule has 1 amide bonds.